The third-order valence-electron chi connectivity index (χ3n) is 0.347. The summed E-state index contributed by atoms with van der Waals surface area (Å²) in [4.78, 5) is 3.74. The van der Waals surface area contributed by atoms with Crippen molar-refractivity contribution < 1.29 is 4.57 Å². The van der Waals surface area contributed by atoms with Crippen LogP contribution in [0.1, 0.15) is 0 Å². The monoisotopic (exact) mass is 134 g/mol. The quantitative estimate of drug-likeness (QED) is 0.501. The lowest BCUT2D eigenvalue weighted by atomic mass is 11.0. The van der Waals surface area contributed by atoms with Gasteiger partial charge in [-0.15, -0.1) is 11.3 Å². The largest absolute Gasteiger partial charge is 0.310 e. The molecule has 0 aliphatic rings. The van der Waals surface area contributed by atoms with E-state index < -0.39 is 0 Å². The van der Waals surface area contributed by atoms with Crippen molar-refractivity contribution in [3.8, 4) is 0 Å². The summed E-state index contributed by atoms with van der Waals surface area (Å²) < 4.78 is 8.17. The van der Waals surface area contributed by atoms with Gasteiger partial charge in [-0.2, -0.15) is 0 Å². The Kier molecular flexibility index (Phi) is 5.51. The van der Waals surface area contributed by atoms with Crippen molar-refractivity contribution in [3.05, 3.63) is 17.1 Å². The molecule has 1 unspecified atom stereocenters. The van der Waals surface area contributed by atoms with Crippen LogP contribution in [0.4, 0.5) is 0 Å². The molecule has 0 amide bonds. The van der Waals surface area contributed by atoms with Crippen molar-refractivity contribution in [2.45, 2.75) is 0 Å². The summed E-state index contributed by atoms with van der Waals surface area (Å²) in [5.74, 6) is 0. The standard InChI is InChI=1S/C3H3NS.H2OP/c1-2-5-3-4-1;1-2/h1-3H;2H2/q;+1. The summed E-state index contributed by atoms with van der Waals surface area (Å²) in [6.45, 7) is 0. The maximum absolute atomic E-state index is 8.17. The fraction of sp³-hybridized carbons (Fsp3) is 0. The number of hydrogen-bond donors (Lipinski definition) is 0. The Balaban J connectivity index is 0.000000162. The van der Waals surface area contributed by atoms with Gasteiger partial charge < -0.3 is 0 Å². The van der Waals surface area contributed by atoms with Gasteiger partial charge in [0.05, 0.1) is 5.51 Å². The average Bonchev–Trinajstić information content (AvgIpc) is 2.23. The van der Waals surface area contributed by atoms with E-state index in [2.05, 4.69) is 4.98 Å². The van der Waals surface area contributed by atoms with Crippen molar-refractivity contribution in [3.63, 3.8) is 0 Å². The molecule has 4 heteroatoms. The van der Waals surface area contributed by atoms with Crippen molar-refractivity contribution in [1.82, 2.24) is 4.98 Å². The Morgan fingerprint density at radius 3 is 2.43 bits per heavy atom. The summed E-state index contributed by atoms with van der Waals surface area (Å²) in [6, 6.07) is 0. The molecule has 1 aromatic heterocycles. The van der Waals surface area contributed by atoms with Crippen LogP contribution in [0.25, 0.3) is 0 Å². The normalized spacial score (nSPS) is 6.29. The minimum atomic E-state index is 1.17. The van der Waals surface area contributed by atoms with E-state index >= 15 is 0 Å². The average molecular weight is 134 g/mol. The highest BCUT2D eigenvalue weighted by molar-refractivity contribution is 7.07. The molecule has 1 atom stereocenters. The molecule has 1 rings (SSSR count). The van der Waals surface area contributed by atoms with Crippen LogP contribution in [0.15, 0.2) is 17.1 Å². The Morgan fingerprint density at radius 1 is 1.57 bits per heavy atom. The van der Waals surface area contributed by atoms with Gasteiger partial charge >= 0.3 is 9.12 Å². The molecule has 0 radical (unpaired) electrons. The molecule has 2 nitrogen and oxygen atoms in total. The van der Waals surface area contributed by atoms with Crippen LogP contribution >= 0.6 is 20.5 Å². The second kappa shape index (κ2) is 5.73. The van der Waals surface area contributed by atoms with Crippen molar-refractivity contribution in [2.24, 2.45) is 0 Å². The van der Waals surface area contributed by atoms with E-state index in [1.807, 2.05) is 5.38 Å². The number of hydrogen-bond acceptors (Lipinski definition) is 3. The zero-order valence-corrected chi connectivity index (χ0v) is 5.54. The van der Waals surface area contributed by atoms with Gasteiger partial charge in [0.2, 0.25) is 0 Å². The molecule has 0 bridgehead atoms. The van der Waals surface area contributed by atoms with E-state index in [-0.39, 0.29) is 0 Å². The minimum Gasteiger partial charge on any atom is -0.253 e. The third kappa shape index (κ3) is 3.56. The molecule has 7 heavy (non-hydrogen) atoms. The molecule has 0 saturated heterocycles. The summed E-state index contributed by atoms with van der Waals surface area (Å²) in [5.41, 5.74) is 1.79. The highest BCUT2D eigenvalue weighted by Crippen LogP contribution is 1.85. The van der Waals surface area contributed by atoms with Gasteiger partial charge in [-0.3, -0.25) is 4.98 Å². The maximum Gasteiger partial charge on any atom is 0.310 e. The predicted octanol–water partition coefficient (Wildman–Crippen LogP) is 1.35. The van der Waals surface area contributed by atoms with Crippen molar-refractivity contribution in [1.29, 1.82) is 0 Å². The van der Waals surface area contributed by atoms with Crippen LogP contribution in [0, 0.1) is 0 Å². The third-order valence-corrected chi connectivity index (χ3v) is 0.869. The second-order valence-electron chi connectivity index (χ2n) is 0.676. The fourth-order valence-electron chi connectivity index (χ4n) is 0.176. The van der Waals surface area contributed by atoms with Crippen LogP contribution in [0.3, 0.4) is 0 Å². The number of aromatic nitrogens is 1. The minimum absolute atomic E-state index is 1.17. The van der Waals surface area contributed by atoms with Crippen LogP contribution in [-0.4, -0.2) is 4.98 Å². The molecule has 0 fully saturated rings. The first-order chi connectivity index (χ1) is 3.50. The highest BCUT2D eigenvalue weighted by Gasteiger charge is 1.59. The van der Waals surface area contributed by atoms with Crippen LogP contribution in [-0.2, 0) is 4.57 Å². The molecule has 0 aliphatic heterocycles. The Labute approximate surface area is 47.8 Å². The summed E-state index contributed by atoms with van der Waals surface area (Å²) >= 11 is 1.60. The van der Waals surface area contributed by atoms with Gasteiger partial charge in [0.1, 0.15) is 0 Å². The molecular formula is C3H5NOPS+. The molecule has 1 heterocycles. The lowest BCUT2D eigenvalue weighted by molar-refractivity contribution is 0.607. The Hall–Kier alpha value is -0.270. The second-order valence-corrected chi connectivity index (χ2v) is 1.43. The van der Waals surface area contributed by atoms with Crippen molar-refractivity contribution in [2.75, 3.05) is 0 Å². The smallest absolute Gasteiger partial charge is 0.253 e. The van der Waals surface area contributed by atoms with Gasteiger partial charge in [0, 0.05) is 11.6 Å². The fourth-order valence-corrected chi connectivity index (χ4v) is 0.527. The number of rotatable bonds is 0. The molecule has 0 N–H and O–H groups in total. The lowest BCUT2D eigenvalue weighted by Crippen LogP contribution is -1.38. The molecular weight excluding hydrogens is 129 g/mol. The van der Waals surface area contributed by atoms with Crippen molar-refractivity contribution >= 4 is 20.5 Å². The number of nitrogens with zero attached hydrogens (tertiary/aromatic N) is 1. The Morgan fingerprint density at radius 2 is 2.29 bits per heavy atom. The van der Waals surface area contributed by atoms with E-state index in [1.54, 1.807) is 23.0 Å². The molecule has 38 valence electrons. The van der Waals surface area contributed by atoms with Gasteiger partial charge in [0.25, 0.3) is 0 Å². The topological polar surface area (TPSA) is 30.0 Å². The van der Waals surface area contributed by atoms with E-state index in [4.69, 9.17) is 4.57 Å². The van der Waals surface area contributed by atoms with Crippen LogP contribution in [0.2, 0.25) is 0 Å². The van der Waals surface area contributed by atoms with Gasteiger partial charge in [-0.1, -0.05) is 4.57 Å². The van der Waals surface area contributed by atoms with Gasteiger partial charge in [-0.25, -0.2) is 0 Å². The molecule has 0 aliphatic carbocycles. The molecule has 1 aromatic rings. The first-order valence-corrected chi connectivity index (χ1v) is 2.97. The molecule has 0 aromatic carbocycles. The zero-order valence-electron chi connectivity index (χ0n) is 3.57. The van der Waals surface area contributed by atoms with Gasteiger partial charge in [0.15, 0.2) is 0 Å². The molecule has 0 spiro atoms. The van der Waals surface area contributed by atoms with E-state index in [0.717, 1.165) is 0 Å². The van der Waals surface area contributed by atoms with E-state index in [9.17, 15) is 0 Å². The predicted molar refractivity (Wildman–Crippen MR) is 32.5 cm³/mol. The van der Waals surface area contributed by atoms with Crippen LogP contribution in [0.5, 0.6) is 0 Å². The first-order valence-electron chi connectivity index (χ1n) is 1.56. The SMILES string of the molecule is O=[PH2+].c1cscn1. The van der Waals surface area contributed by atoms with Crippen LogP contribution < -0.4 is 0 Å². The molecule has 0 saturated carbocycles. The summed E-state index contributed by atoms with van der Waals surface area (Å²) in [6.07, 6.45) is 1.77. The van der Waals surface area contributed by atoms with E-state index in [1.165, 1.54) is 9.12 Å². The maximum atomic E-state index is 8.17. The lowest BCUT2D eigenvalue weighted by Gasteiger charge is -1.41. The zero-order chi connectivity index (χ0) is 5.54. The van der Waals surface area contributed by atoms with E-state index in [0.29, 0.717) is 0 Å². The summed E-state index contributed by atoms with van der Waals surface area (Å²) in [5, 5.41) is 1.93. The Bertz CT molecular complexity index is 81.8. The summed E-state index contributed by atoms with van der Waals surface area (Å²) in [7, 11) is 1.17. The highest BCUT2D eigenvalue weighted by atomic mass is 32.1. The first kappa shape index (κ1) is 6.73. The number of thiazole rings is 1. The van der Waals surface area contributed by atoms with Gasteiger partial charge in [-0.05, 0) is 0 Å².